The Morgan fingerprint density at radius 2 is 0.983 bits per heavy atom. The summed E-state index contributed by atoms with van der Waals surface area (Å²) in [5.41, 5.74) is 0. The minimum atomic E-state index is -4.87. The lowest BCUT2D eigenvalue weighted by Gasteiger charge is -2.20. The maximum atomic E-state index is 12.6. The molecule has 60 heavy (non-hydrogen) atoms. The first-order valence-electron chi connectivity index (χ1n) is 22.3. The molecule has 350 valence electrons. The molecule has 0 radical (unpaired) electrons. The van der Waals surface area contributed by atoms with E-state index >= 15 is 0 Å². The molecule has 3 atom stereocenters. The van der Waals surface area contributed by atoms with Gasteiger partial charge in [0, 0.05) is 19.4 Å². The number of aliphatic hydroxyl groups excluding tert-OH is 2. The Balaban J connectivity index is 4.59. The van der Waals surface area contributed by atoms with Gasteiger partial charge < -0.3 is 34.4 Å². The number of allylic oxidation sites excluding steroid dienone is 8. The zero-order valence-electron chi connectivity index (χ0n) is 36.7. The smallest absolute Gasteiger partial charge is 0.462 e. The Labute approximate surface area is 361 Å². The van der Waals surface area contributed by atoms with Crippen molar-refractivity contribution < 1.29 is 66.7 Å². The largest absolute Gasteiger partial charge is 0.472 e. The summed E-state index contributed by atoms with van der Waals surface area (Å²) in [6, 6.07) is 0. The molecule has 0 saturated carbocycles. The van der Waals surface area contributed by atoms with Gasteiger partial charge in [0.25, 0.3) is 0 Å². The molecule has 0 saturated heterocycles. The Morgan fingerprint density at radius 3 is 1.52 bits per heavy atom. The fraction of sp³-hybridized carbons (Fsp3) is 0.773. The van der Waals surface area contributed by atoms with Crippen LogP contribution in [0.5, 0.6) is 0 Å². The number of esters is 2. The molecular formula is C44H80O14P2. The lowest BCUT2D eigenvalue weighted by Crippen LogP contribution is -2.29. The molecule has 0 aliphatic carbocycles. The third-order valence-electron chi connectivity index (χ3n) is 9.19. The Morgan fingerprint density at radius 1 is 0.533 bits per heavy atom. The third-order valence-corrected chi connectivity index (χ3v) is 10.6. The number of ether oxygens (including phenoxy) is 2. The molecule has 0 heterocycles. The summed E-state index contributed by atoms with van der Waals surface area (Å²) in [6.07, 6.45) is 37.0. The van der Waals surface area contributed by atoms with Crippen molar-refractivity contribution >= 4 is 27.6 Å². The van der Waals surface area contributed by atoms with Crippen molar-refractivity contribution in [3.63, 3.8) is 0 Å². The van der Waals surface area contributed by atoms with Crippen molar-refractivity contribution in [1.29, 1.82) is 0 Å². The summed E-state index contributed by atoms with van der Waals surface area (Å²) in [6.45, 7) is 2.02. The maximum Gasteiger partial charge on any atom is 0.472 e. The normalized spacial score (nSPS) is 14.5. The second kappa shape index (κ2) is 39.9. The van der Waals surface area contributed by atoms with Crippen LogP contribution in [0.3, 0.4) is 0 Å². The first kappa shape index (κ1) is 58.0. The molecule has 16 heteroatoms. The molecule has 0 bridgehead atoms. The van der Waals surface area contributed by atoms with E-state index in [0.29, 0.717) is 19.3 Å². The van der Waals surface area contributed by atoms with Gasteiger partial charge >= 0.3 is 27.6 Å². The monoisotopic (exact) mass is 895 g/mol. The average Bonchev–Trinajstić information content (AvgIpc) is 3.19. The van der Waals surface area contributed by atoms with E-state index in [9.17, 15) is 28.7 Å². The third kappa shape index (κ3) is 44.1. The first-order chi connectivity index (χ1) is 28.7. The fourth-order valence-electron chi connectivity index (χ4n) is 5.80. The van der Waals surface area contributed by atoms with Crippen LogP contribution in [0.2, 0.25) is 0 Å². The van der Waals surface area contributed by atoms with Gasteiger partial charge in [-0.15, -0.1) is 0 Å². The number of carbonyl (C=O) groups is 2. The number of aliphatic hydroxyl groups is 2. The van der Waals surface area contributed by atoms with Crippen LogP contribution in [0.4, 0.5) is 0 Å². The van der Waals surface area contributed by atoms with Gasteiger partial charge in [0.05, 0.1) is 19.8 Å². The molecule has 0 aromatic rings. The van der Waals surface area contributed by atoms with Crippen molar-refractivity contribution in [3.8, 4) is 0 Å². The van der Waals surface area contributed by atoms with E-state index in [0.717, 1.165) is 70.1 Å². The molecule has 0 aliphatic heterocycles. The van der Waals surface area contributed by atoms with Crippen LogP contribution in [-0.4, -0.2) is 82.1 Å². The number of rotatable bonds is 42. The highest BCUT2D eigenvalue weighted by Crippen LogP contribution is 2.43. The quantitative estimate of drug-likeness (QED) is 0.0167. The van der Waals surface area contributed by atoms with Crippen molar-refractivity contribution in [2.45, 2.75) is 180 Å². The van der Waals surface area contributed by atoms with E-state index in [2.05, 4.69) is 59.4 Å². The van der Waals surface area contributed by atoms with Gasteiger partial charge in [-0.05, 0) is 63.7 Å². The summed E-state index contributed by atoms with van der Waals surface area (Å²) in [4.78, 5) is 52.7. The Kier molecular flexibility index (Phi) is 38.6. The van der Waals surface area contributed by atoms with Crippen molar-refractivity contribution in [2.24, 2.45) is 5.92 Å². The van der Waals surface area contributed by atoms with E-state index in [-0.39, 0.29) is 19.4 Å². The summed E-state index contributed by atoms with van der Waals surface area (Å²) in [5.74, 6) is -0.319. The van der Waals surface area contributed by atoms with Gasteiger partial charge in [-0.1, -0.05) is 146 Å². The molecule has 0 fully saturated rings. The van der Waals surface area contributed by atoms with Gasteiger partial charge in [0.2, 0.25) is 0 Å². The van der Waals surface area contributed by atoms with Crippen molar-refractivity contribution in [1.82, 2.24) is 0 Å². The highest BCUT2D eigenvalue weighted by atomic mass is 31.2. The Hall–Kier alpha value is -1.96. The molecule has 0 aromatic carbocycles. The summed E-state index contributed by atoms with van der Waals surface area (Å²) in [7, 11) is -9.70. The zero-order valence-corrected chi connectivity index (χ0v) is 38.5. The van der Waals surface area contributed by atoms with Crippen LogP contribution in [0.15, 0.2) is 48.6 Å². The van der Waals surface area contributed by atoms with Crippen LogP contribution < -0.4 is 0 Å². The molecule has 0 aliphatic rings. The molecule has 0 spiro atoms. The van der Waals surface area contributed by atoms with Crippen LogP contribution in [0, 0.1) is 5.92 Å². The van der Waals surface area contributed by atoms with Crippen molar-refractivity contribution in [2.75, 3.05) is 33.0 Å². The number of phosphoric acid groups is 2. The van der Waals surface area contributed by atoms with Gasteiger partial charge in [-0.25, -0.2) is 9.13 Å². The van der Waals surface area contributed by atoms with Gasteiger partial charge in [-0.3, -0.25) is 23.2 Å². The van der Waals surface area contributed by atoms with Gasteiger partial charge in [0.15, 0.2) is 6.10 Å². The van der Waals surface area contributed by atoms with E-state index in [1.54, 1.807) is 0 Å². The summed E-state index contributed by atoms with van der Waals surface area (Å²) in [5, 5.41) is 18.5. The van der Waals surface area contributed by atoms with Crippen LogP contribution >= 0.6 is 15.6 Å². The topological polar surface area (TPSA) is 216 Å². The highest BCUT2D eigenvalue weighted by molar-refractivity contribution is 7.47. The van der Waals surface area contributed by atoms with Crippen LogP contribution in [0.1, 0.15) is 168 Å². The van der Waals surface area contributed by atoms with Gasteiger partial charge in [-0.2, -0.15) is 0 Å². The lowest BCUT2D eigenvalue weighted by atomic mass is 10.0. The van der Waals surface area contributed by atoms with Crippen molar-refractivity contribution in [3.05, 3.63) is 48.6 Å². The first-order valence-corrected chi connectivity index (χ1v) is 25.3. The predicted octanol–water partition coefficient (Wildman–Crippen LogP) is 10.3. The number of unbranched alkanes of at least 4 members (excludes halogenated alkanes) is 15. The summed E-state index contributed by atoms with van der Waals surface area (Å²) < 4.78 is 47.7. The van der Waals surface area contributed by atoms with E-state index in [4.69, 9.17) is 28.9 Å². The van der Waals surface area contributed by atoms with E-state index in [1.807, 2.05) is 12.2 Å². The zero-order chi connectivity index (χ0) is 44.6. The second-order valence-corrected chi connectivity index (χ2v) is 18.2. The molecule has 5 N–H and O–H groups in total. The number of hydrogen-bond acceptors (Lipinski definition) is 11. The highest BCUT2D eigenvalue weighted by Gasteiger charge is 2.28. The predicted molar refractivity (Wildman–Crippen MR) is 236 cm³/mol. The Bertz CT molecular complexity index is 1260. The fourth-order valence-corrected chi connectivity index (χ4v) is 6.95. The maximum absolute atomic E-state index is 12.6. The summed E-state index contributed by atoms with van der Waals surface area (Å²) >= 11 is 0. The molecule has 0 aromatic heterocycles. The molecule has 0 amide bonds. The molecular weight excluding hydrogens is 814 g/mol. The standard InChI is InChI=1S/C44H80O14P2/c1-40(2)32-28-24-20-16-12-9-10-13-17-21-25-29-33-43(47)54-38-42(39-57-60(52,53)56-37-41(46)36-55-59(49,50)51)58-44(48)34-30-26-22-18-14-8-6-4-3-5-7-11-15-19-23-27-31-35-45/h3,5-6,8,11,15,18,22,40-42,45-46H,4,7,9-10,12-14,16-17,19-21,23-39H2,1-2H3,(H,52,53)(H2,49,50,51)/b5-3-,8-6-,15-11-,22-18-/t41-,42+/m0/s1. The average molecular weight is 895 g/mol. The lowest BCUT2D eigenvalue weighted by molar-refractivity contribution is -0.161. The number of phosphoric ester groups is 2. The number of hydrogen-bond donors (Lipinski definition) is 5. The number of carbonyl (C=O) groups excluding carboxylic acids is 2. The minimum absolute atomic E-state index is 0.0457. The molecule has 1 unspecified atom stereocenters. The van der Waals surface area contributed by atoms with E-state index in [1.165, 1.54) is 57.8 Å². The molecule has 0 rings (SSSR count). The van der Waals surface area contributed by atoms with Gasteiger partial charge in [0.1, 0.15) is 12.7 Å². The van der Waals surface area contributed by atoms with Crippen LogP contribution in [-0.2, 0) is 41.8 Å². The van der Waals surface area contributed by atoms with Crippen LogP contribution in [0.25, 0.3) is 0 Å². The van der Waals surface area contributed by atoms with E-state index < -0.39 is 66.2 Å². The minimum Gasteiger partial charge on any atom is -0.462 e. The SMILES string of the molecule is CC(C)CCCCCCCCCCCCCCC(=O)OC[C@H](COP(=O)(O)OC[C@@H](O)COP(=O)(O)O)OC(=O)CCC/C=C\C/C=C\C/C=C\C/C=C\CCCCCO. The second-order valence-electron chi connectivity index (χ2n) is 15.5. The molecule has 14 nitrogen and oxygen atoms in total.